The number of carbonyl (C=O) groups is 2. The highest BCUT2D eigenvalue weighted by Crippen LogP contribution is 2.23. The summed E-state index contributed by atoms with van der Waals surface area (Å²) < 4.78 is 0. The average molecular weight is 360 g/mol. The first-order valence-electron chi connectivity index (χ1n) is 8.92. The van der Waals surface area contributed by atoms with Crippen LogP contribution >= 0.6 is 0 Å². The number of benzene rings is 1. The summed E-state index contributed by atoms with van der Waals surface area (Å²) >= 11 is 0. The molecule has 0 atom stereocenters. The highest BCUT2D eigenvalue weighted by Gasteiger charge is 2.22. The lowest BCUT2D eigenvalue weighted by molar-refractivity contribution is 0.101. The number of nitrogens with zero attached hydrogens (tertiary/aromatic N) is 3. The standard InChI is InChI=1S/C21H20N4O2/c1-13-9-16-10-17-12-25(8-7-19(17)24-20(16)22-11-13)21(27)23-18-5-3-15(4-6-18)14(2)26/h3-6,9-11H,7-8,12H2,1-2H3,(H,23,27). The van der Waals surface area contributed by atoms with Crippen LogP contribution in [0.5, 0.6) is 0 Å². The Bertz CT molecular complexity index is 1040. The van der Waals surface area contributed by atoms with Gasteiger partial charge >= 0.3 is 6.03 Å². The number of ketones is 1. The van der Waals surface area contributed by atoms with Crippen molar-refractivity contribution >= 4 is 28.5 Å². The van der Waals surface area contributed by atoms with Crippen LogP contribution in [0.4, 0.5) is 10.5 Å². The van der Waals surface area contributed by atoms with Crippen molar-refractivity contribution in [2.24, 2.45) is 0 Å². The highest BCUT2D eigenvalue weighted by molar-refractivity contribution is 5.95. The van der Waals surface area contributed by atoms with E-state index >= 15 is 0 Å². The third-order valence-corrected chi connectivity index (χ3v) is 4.78. The van der Waals surface area contributed by atoms with Gasteiger partial charge in [0.2, 0.25) is 0 Å². The van der Waals surface area contributed by atoms with E-state index in [2.05, 4.69) is 27.4 Å². The molecule has 136 valence electrons. The second-order valence-electron chi connectivity index (χ2n) is 6.89. The van der Waals surface area contributed by atoms with Gasteiger partial charge in [-0.2, -0.15) is 0 Å². The number of fused-ring (bicyclic) bond motifs is 2. The third-order valence-electron chi connectivity index (χ3n) is 4.78. The first-order chi connectivity index (χ1) is 13.0. The van der Waals surface area contributed by atoms with E-state index in [9.17, 15) is 9.59 Å². The van der Waals surface area contributed by atoms with Crippen LogP contribution in [0.3, 0.4) is 0 Å². The zero-order valence-corrected chi connectivity index (χ0v) is 15.3. The number of urea groups is 1. The summed E-state index contributed by atoms with van der Waals surface area (Å²) in [6, 6.07) is 10.9. The molecule has 0 saturated heterocycles. The third kappa shape index (κ3) is 3.51. The minimum Gasteiger partial charge on any atom is -0.320 e. The number of Topliss-reactive ketones (excluding diaryl/α,β-unsaturated/α-hetero) is 1. The van der Waals surface area contributed by atoms with Gasteiger partial charge in [-0.05, 0) is 61.4 Å². The van der Waals surface area contributed by atoms with Gasteiger partial charge in [-0.25, -0.2) is 14.8 Å². The number of nitrogens with one attached hydrogen (secondary N) is 1. The van der Waals surface area contributed by atoms with Crippen molar-refractivity contribution in [1.82, 2.24) is 14.9 Å². The second kappa shape index (κ2) is 6.79. The molecule has 0 spiro atoms. The van der Waals surface area contributed by atoms with Crippen LogP contribution in [-0.2, 0) is 13.0 Å². The lowest BCUT2D eigenvalue weighted by Gasteiger charge is -2.28. The van der Waals surface area contributed by atoms with Crippen LogP contribution in [-0.4, -0.2) is 33.2 Å². The maximum atomic E-state index is 12.6. The lowest BCUT2D eigenvalue weighted by atomic mass is 10.0. The summed E-state index contributed by atoms with van der Waals surface area (Å²) in [6.07, 6.45) is 2.53. The van der Waals surface area contributed by atoms with E-state index in [1.165, 1.54) is 6.92 Å². The van der Waals surface area contributed by atoms with E-state index in [-0.39, 0.29) is 11.8 Å². The van der Waals surface area contributed by atoms with E-state index in [4.69, 9.17) is 0 Å². The Morgan fingerprint density at radius 2 is 1.93 bits per heavy atom. The summed E-state index contributed by atoms with van der Waals surface area (Å²) in [5.41, 5.74) is 5.21. The molecule has 27 heavy (non-hydrogen) atoms. The number of carbonyl (C=O) groups excluding carboxylic acids is 2. The van der Waals surface area contributed by atoms with Gasteiger partial charge in [-0.1, -0.05) is 0 Å². The minimum atomic E-state index is -0.154. The Labute approximate surface area is 157 Å². The molecule has 0 saturated carbocycles. The summed E-state index contributed by atoms with van der Waals surface area (Å²) in [6.45, 7) is 4.65. The minimum absolute atomic E-state index is 0.00460. The molecular formula is C21H20N4O2. The predicted molar refractivity (Wildman–Crippen MR) is 104 cm³/mol. The van der Waals surface area contributed by atoms with Crippen molar-refractivity contribution < 1.29 is 9.59 Å². The van der Waals surface area contributed by atoms with Gasteiger partial charge < -0.3 is 10.2 Å². The Kier molecular flexibility index (Phi) is 4.32. The van der Waals surface area contributed by atoms with E-state index < -0.39 is 0 Å². The fourth-order valence-electron chi connectivity index (χ4n) is 3.30. The van der Waals surface area contributed by atoms with Gasteiger partial charge in [0.15, 0.2) is 11.4 Å². The number of anilines is 1. The van der Waals surface area contributed by atoms with Crippen LogP contribution in [0.25, 0.3) is 11.0 Å². The summed E-state index contributed by atoms with van der Waals surface area (Å²) in [5, 5.41) is 3.89. The van der Waals surface area contributed by atoms with Gasteiger partial charge in [0, 0.05) is 48.0 Å². The normalized spacial score (nSPS) is 13.3. The number of hydrogen-bond donors (Lipinski definition) is 1. The Balaban J connectivity index is 1.51. The molecule has 2 amide bonds. The summed E-state index contributed by atoms with van der Waals surface area (Å²) in [4.78, 5) is 34.8. The van der Waals surface area contributed by atoms with E-state index in [1.54, 1.807) is 29.2 Å². The zero-order valence-electron chi connectivity index (χ0n) is 15.3. The number of hydrogen-bond acceptors (Lipinski definition) is 4. The molecule has 2 aromatic heterocycles. The van der Waals surface area contributed by atoms with Crippen LogP contribution in [0, 0.1) is 6.92 Å². The highest BCUT2D eigenvalue weighted by atomic mass is 16.2. The van der Waals surface area contributed by atoms with Gasteiger partial charge in [0.05, 0.1) is 0 Å². The maximum Gasteiger partial charge on any atom is 0.322 e. The van der Waals surface area contributed by atoms with E-state index in [0.29, 0.717) is 30.8 Å². The number of aromatic nitrogens is 2. The first kappa shape index (κ1) is 17.1. The van der Waals surface area contributed by atoms with E-state index in [1.807, 2.05) is 13.1 Å². The lowest BCUT2D eigenvalue weighted by Crippen LogP contribution is -2.39. The quantitative estimate of drug-likeness (QED) is 0.707. The molecule has 0 radical (unpaired) electrons. The number of rotatable bonds is 2. The van der Waals surface area contributed by atoms with Gasteiger partial charge in [-0.15, -0.1) is 0 Å². The molecule has 6 heteroatoms. The van der Waals surface area contributed by atoms with Crippen molar-refractivity contribution in [1.29, 1.82) is 0 Å². The van der Waals surface area contributed by atoms with Crippen LogP contribution < -0.4 is 5.32 Å². The zero-order chi connectivity index (χ0) is 19.0. The maximum absolute atomic E-state index is 12.6. The molecule has 1 N–H and O–H groups in total. The SMILES string of the molecule is CC(=O)c1ccc(NC(=O)N2CCc3nc4ncc(C)cc4cc3C2)cc1. The molecular weight excluding hydrogens is 340 g/mol. The molecule has 1 aromatic carbocycles. The monoisotopic (exact) mass is 360 g/mol. The molecule has 1 aliphatic rings. The van der Waals surface area contributed by atoms with Crippen molar-refractivity contribution in [3.63, 3.8) is 0 Å². The second-order valence-corrected chi connectivity index (χ2v) is 6.89. The molecule has 3 aromatic rings. The van der Waals surface area contributed by atoms with Crippen LogP contribution in [0.2, 0.25) is 0 Å². The molecule has 0 bridgehead atoms. The topological polar surface area (TPSA) is 75.2 Å². The largest absolute Gasteiger partial charge is 0.322 e. The predicted octanol–water partition coefficient (Wildman–Crippen LogP) is 3.73. The van der Waals surface area contributed by atoms with Crippen molar-refractivity contribution in [3.8, 4) is 0 Å². The van der Waals surface area contributed by atoms with Crippen LogP contribution in [0.15, 0.2) is 42.6 Å². The van der Waals surface area contributed by atoms with Crippen LogP contribution in [0.1, 0.15) is 34.1 Å². The molecule has 1 aliphatic heterocycles. The van der Waals surface area contributed by atoms with Crippen molar-refractivity contribution in [2.75, 3.05) is 11.9 Å². The Morgan fingerprint density at radius 1 is 1.15 bits per heavy atom. The van der Waals surface area contributed by atoms with Crippen molar-refractivity contribution in [2.45, 2.75) is 26.8 Å². The first-order valence-corrected chi connectivity index (χ1v) is 8.92. The smallest absolute Gasteiger partial charge is 0.320 e. The fourth-order valence-corrected chi connectivity index (χ4v) is 3.30. The van der Waals surface area contributed by atoms with Gasteiger partial charge in [0.25, 0.3) is 0 Å². The molecule has 6 nitrogen and oxygen atoms in total. The number of aryl methyl sites for hydroxylation is 1. The summed E-state index contributed by atoms with van der Waals surface area (Å²) in [7, 11) is 0. The van der Waals surface area contributed by atoms with Crippen molar-refractivity contribution in [3.05, 3.63) is 65.0 Å². The molecule has 0 aliphatic carbocycles. The summed E-state index contributed by atoms with van der Waals surface area (Å²) in [5.74, 6) is 0.00460. The molecule has 4 rings (SSSR count). The molecule has 3 heterocycles. The number of amides is 2. The molecule has 0 unspecified atom stereocenters. The van der Waals surface area contributed by atoms with Gasteiger partial charge in [0.1, 0.15) is 0 Å². The Hall–Kier alpha value is -3.28. The van der Waals surface area contributed by atoms with Gasteiger partial charge in [-0.3, -0.25) is 4.79 Å². The molecule has 0 fully saturated rings. The Morgan fingerprint density at radius 3 is 2.67 bits per heavy atom. The fraction of sp³-hybridized carbons (Fsp3) is 0.238. The van der Waals surface area contributed by atoms with E-state index in [0.717, 1.165) is 27.9 Å². The average Bonchev–Trinajstić information content (AvgIpc) is 2.66. The number of pyridine rings is 2.